The highest BCUT2D eigenvalue weighted by atomic mass is 16.4. The first-order chi connectivity index (χ1) is 32.6. The lowest BCUT2D eigenvalue weighted by Gasteiger charge is -2.31. The molecule has 17 N–H and O–H groups in total. The van der Waals surface area contributed by atoms with E-state index in [1.807, 2.05) is 10.6 Å². The number of phenols is 1. The van der Waals surface area contributed by atoms with Crippen LogP contribution >= 0.6 is 0 Å². The van der Waals surface area contributed by atoms with Crippen LogP contribution in [0, 0.1) is 5.92 Å². The zero-order valence-corrected chi connectivity index (χ0v) is 38.0. The summed E-state index contributed by atoms with van der Waals surface area (Å²) in [5.74, 6) is -17.6. The Balaban J connectivity index is 2.34. The molecule has 0 spiro atoms. The third-order valence-corrected chi connectivity index (χ3v) is 10.4. The number of aromatic hydroxyl groups is 1. The highest BCUT2D eigenvalue weighted by Crippen LogP contribution is 2.20. The molecular formula is C41H58N10O19. The average Bonchev–Trinajstić information content (AvgIpc) is 3.76. The van der Waals surface area contributed by atoms with Crippen molar-refractivity contribution in [1.82, 2.24) is 42.1 Å². The molecule has 29 nitrogen and oxygen atoms in total. The number of amides is 9. The molecule has 0 radical (unpaired) electrons. The maximum atomic E-state index is 13.9. The number of carbonyl (C=O) groups excluding carboxylic acids is 9. The first kappa shape index (κ1) is 58.2. The molecule has 1 heterocycles. The van der Waals surface area contributed by atoms with Crippen molar-refractivity contribution in [3.63, 3.8) is 0 Å². The summed E-state index contributed by atoms with van der Waals surface area (Å²) in [6.07, 6.45) is -6.12. The third-order valence-electron chi connectivity index (χ3n) is 10.4. The van der Waals surface area contributed by atoms with Gasteiger partial charge in [-0.15, -0.1) is 0 Å². The standard InChI is InChI=1S/C41H58N10O19/c1-17(2)32(43)38(66)50-33(18(3)52)39(67)48-24(15-31(60)61)40(68)51-10-4-5-26(51)37(65)47-23(14-30(58)59)36(64)46-21(11-19-6-8-20(53)9-7-19)34(62)44-16-28(55)45-22(13-29(56)57)35(63)49-25(41(69)70)12-27(42)54/h6-9,17-18,21-26,32-33,52-53H,4-5,10-16,43H2,1-3H3,(H2,42,54)(H,44,62)(H,45,55)(H,46,64)(H,47,65)(H,48,67)(H,49,63)(H,50,66)(H,56,57)(H,58,59)(H,60,61)(H,69,70)/t18-,21+,22+,23+,24+,25+,26+,32+,33+/m1/s1. The van der Waals surface area contributed by atoms with Crippen molar-refractivity contribution in [2.45, 2.75) is 120 Å². The lowest BCUT2D eigenvalue weighted by Crippen LogP contribution is -2.61. The van der Waals surface area contributed by atoms with Crippen LogP contribution in [0.5, 0.6) is 5.75 Å². The minimum absolute atomic E-state index is 0.109. The van der Waals surface area contributed by atoms with Gasteiger partial charge in [0.1, 0.15) is 48.0 Å². The first-order valence-corrected chi connectivity index (χ1v) is 21.4. The van der Waals surface area contributed by atoms with Crippen LogP contribution in [-0.2, 0) is 68.7 Å². The number of aliphatic hydroxyl groups excluding tert-OH is 1. The van der Waals surface area contributed by atoms with Gasteiger partial charge in [0.25, 0.3) is 0 Å². The second-order valence-corrected chi connectivity index (χ2v) is 16.4. The molecule has 0 aliphatic carbocycles. The van der Waals surface area contributed by atoms with E-state index in [9.17, 15) is 93.0 Å². The number of aliphatic hydroxyl groups is 1. The van der Waals surface area contributed by atoms with Crippen LogP contribution in [0.1, 0.15) is 64.9 Å². The maximum absolute atomic E-state index is 13.9. The summed E-state index contributed by atoms with van der Waals surface area (Å²) in [5.41, 5.74) is 11.1. The molecule has 9 amide bonds. The van der Waals surface area contributed by atoms with Crippen LogP contribution in [-0.4, -0.2) is 180 Å². The van der Waals surface area contributed by atoms with Crippen molar-refractivity contribution >= 4 is 77.0 Å². The van der Waals surface area contributed by atoms with E-state index in [2.05, 4.69) is 26.6 Å². The molecule has 1 fully saturated rings. The largest absolute Gasteiger partial charge is 0.508 e. The molecule has 1 aromatic carbocycles. The quantitative estimate of drug-likeness (QED) is 0.0371. The molecule has 0 bridgehead atoms. The fourth-order valence-corrected chi connectivity index (χ4v) is 6.69. The number of rotatable bonds is 28. The van der Waals surface area contributed by atoms with Gasteiger partial charge in [-0.1, -0.05) is 26.0 Å². The number of nitrogens with zero attached hydrogens (tertiary/aromatic N) is 1. The zero-order valence-electron chi connectivity index (χ0n) is 38.0. The zero-order chi connectivity index (χ0) is 53.2. The smallest absolute Gasteiger partial charge is 0.326 e. The van der Waals surface area contributed by atoms with Gasteiger partial charge in [-0.2, -0.15) is 0 Å². The van der Waals surface area contributed by atoms with E-state index in [1.165, 1.54) is 24.3 Å². The van der Waals surface area contributed by atoms with E-state index in [4.69, 9.17) is 11.5 Å². The van der Waals surface area contributed by atoms with Gasteiger partial charge in [0.15, 0.2) is 0 Å². The van der Waals surface area contributed by atoms with Crippen molar-refractivity contribution in [1.29, 1.82) is 0 Å². The molecule has 1 saturated heterocycles. The van der Waals surface area contributed by atoms with E-state index in [0.717, 1.165) is 11.8 Å². The minimum Gasteiger partial charge on any atom is -0.508 e. The average molecular weight is 995 g/mol. The van der Waals surface area contributed by atoms with Crippen molar-refractivity contribution in [2.75, 3.05) is 13.1 Å². The molecule has 1 aliphatic heterocycles. The Bertz CT molecular complexity index is 2150. The maximum Gasteiger partial charge on any atom is 0.326 e. The number of hydrogen-bond acceptors (Lipinski definition) is 16. The number of nitrogens with one attached hydrogen (secondary N) is 7. The number of primary amides is 1. The predicted octanol–water partition coefficient (Wildman–Crippen LogP) is -6.30. The van der Waals surface area contributed by atoms with E-state index >= 15 is 0 Å². The van der Waals surface area contributed by atoms with Gasteiger partial charge in [-0.05, 0) is 43.4 Å². The van der Waals surface area contributed by atoms with Gasteiger partial charge >= 0.3 is 23.9 Å². The number of benzene rings is 1. The highest BCUT2D eigenvalue weighted by molar-refractivity contribution is 6.00. The molecule has 2 rings (SSSR count). The Labute approximate surface area is 397 Å². The molecule has 0 aromatic heterocycles. The number of likely N-dealkylation sites (tertiary alicyclic amines) is 1. The molecule has 0 unspecified atom stereocenters. The molecule has 1 aliphatic rings. The van der Waals surface area contributed by atoms with E-state index in [0.29, 0.717) is 0 Å². The predicted molar refractivity (Wildman–Crippen MR) is 234 cm³/mol. The molecule has 1 aromatic rings. The summed E-state index contributed by atoms with van der Waals surface area (Å²) in [7, 11) is 0. The Morgan fingerprint density at radius 1 is 0.643 bits per heavy atom. The second kappa shape index (κ2) is 27.1. The fraction of sp³-hybridized carbons (Fsp3) is 0.537. The fourth-order valence-electron chi connectivity index (χ4n) is 6.69. The normalized spacial score (nSPS) is 16.5. The monoisotopic (exact) mass is 994 g/mol. The van der Waals surface area contributed by atoms with Crippen LogP contribution in [0.15, 0.2) is 24.3 Å². The van der Waals surface area contributed by atoms with Crippen LogP contribution in [0.4, 0.5) is 0 Å². The number of carbonyl (C=O) groups is 13. The van der Waals surface area contributed by atoms with Crippen LogP contribution in [0.2, 0.25) is 0 Å². The summed E-state index contributed by atoms with van der Waals surface area (Å²) >= 11 is 0. The number of carboxylic acids is 4. The second-order valence-electron chi connectivity index (χ2n) is 16.4. The number of nitrogens with two attached hydrogens (primary N) is 2. The van der Waals surface area contributed by atoms with Gasteiger partial charge in [-0.3, -0.25) is 57.5 Å². The Hall–Kier alpha value is -7.95. The molecule has 0 saturated carbocycles. The van der Waals surface area contributed by atoms with Crippen LogP contribution < -0.4 is 48.7 Å². The summed E-state index contributed by atoms with van der Waals surface area (Å²) in [6.45, 7) is 3.15. The Morgan fingerprint density at radius 3 is 1.66 bits per heavy atom. The Kier molecular flexibility index (Phi) is 22.6. The van der Waals surface area contributed by atoms with Gasteiger partial charge in [0, 0.05) is 13.0 Å². The molecule has 9 atom stereocenters. The lowest BCUT2D eigenvalue weighted by molar-refractivity contribution is -0.147. The molecule has 29 heteroatoms. The van der Waals surface area contributed by atoms with Gasteiger partial charge in [-0.25, -0.2) is 4.79 Å². The van der Waals surface area contributed by atoms with Crippen LogP contribution in [0.3, 0.4) is 0 Å². The van der Waals surface area contributed by atoms with Crippen molar-refractivity contribution in [3.8, 4) is 5.75 Å². The summed E-state index contributed by atoms with van der Waals surface area (Å²) in [4.78, 5) is 165. The number of hydrogen-bond donors (Lipinski definition) is 15. The molecule has 70 heavy (non-hydrogen) atoms. The topological polar surface area (TPSA) is 483 Å². The first-order valence-electron chi connectivity index (χ1n) is 21.4. The van der Waals surface area contributed by atoms with Crippen LogP contribution in [0.25, 0.3) is 0 Å². The van der Waals surface area contributed by atoms with Crippen molar-refractivity contribution in [3.05, 3.63) is 29.8 Å². The number of phenolic OH excluding ortho intramolecular Hbond substituents is 1. The summed E-state index contributed by atoms with van der Waals surface area (Å²) in [6, 6.07) is -8.64. The van der Waals surface area contributed by atoms with E-state index in [1.54, 1.807) is 13.8 Å². The lowest BCUT2D eigenvalue weighted by atomic mass is 10.0. The van der Waals surface area contributed by atoms with Crippen molar-refractivity contribution in [2.24, 2.45) is 17.4 Å². The minimum atomic E-state index is -1.98. The Morgan fingerprint density at radius 2 is 1.16 bits per heavy atom. The molecular weight excluding hydrogens is 937 g/mol. The SMILES string of the molecule is CC(C)[C@H](N)C(=O)N[C@H](C(=O)N[C@@H](CC(=O)O)C(=O)N1CCC[C@H]1C(=O)N[C@@H](CC(=O)O)C(=O)N[C@@H](Cc1ccc(O)cc1)C(=O)NCC(=O)N[C@@H](CC(=O)O)C(=O)N[C@@H](CC(N)=O)C(=O)O)[C@@H](C)O. The number of aliphatic carboxylic acids is 4. The van der Waals surface area contributed by atoms with E-state index in [-0.39, 0.29) is 30.7 Å². The van der Waals surface area contributed by atoms with Gasteiger partial charge < -0.3 is 84.2 Å². The summed E-state index contributed by atoms with van der Waals surface area (Å²) in [5, 5.41) is 72.9. The molecule has 386 valence electrons. The van der Waals surface area contributed by atoms with Gasteiger partial charge in [0.2, 0.25) is 53.2 Å². The van der Waals surface area contributed by atoms with Gasteiger partial charge in [0.05, 0.1) is 44.4 Å². The van der Waals surface area contributed by atoms with Crippen molar-refractivity contribution < 1.29 is 93.0 Å². The third kappa shape index (κ3) is 19.0. The summed E-state index contributed by atoms with van der Waals surface area (Å²) < 4.78 is 0. The highest BCUT2D eigenvalue weighted by Gasteiger charge is 2.41. The number of carboxylic acid groups (broad SMARTS) is 4. The van der Waals surface area contributed by atoms with E-state index < -0.39 is 176 Å².